The highest BCUT2D eigenvalue weighted by atomic mass is 35.5. The fourth-order valence-corrected chi connectivity index (χ4v) is 3.97. The van der Waals surface area contributed by atoms with Gasteiger partial charge in [-0.3, -0.25) is 9.36 Å². The summed E-state index contributed by atoms with van der Waals surface area (Å²) in [6.07, 6.45) is 8.81. The normalized spacial score (nSPS) is 15.8. The fourth-order valence-electron chi connectivity index (χ4n) is 3.05. The minimum absolute atomic E-state index is 0.0633. The van der Waals surface area contributed by atoms with Crippen molar-refractivity contribution in [3.8, 4) is 5.69 Å². The molecule has 0 unspecified atom stereocenters. The number of nitrogens with one attached hydrogen (secondary N) is 1. The van der Waals surface area contributed by atoms with Crippen LogP contribution in [0.4, 0.5) is 0 Å². The zero-order chi connectivity index (χ0) is 17.6. The molecule has 3 rings (SSSR count). The molecule has 5 nitrogen and oxygen atoms in total. The standard InChI is InChI=1S/C18H23ClN4OS/c1-13-8-9-15(10-16(13)19)23-12-20-22-18(23)25-11-17(24)21-14-6-4-2-3-5-7-14/h8-10,12,14H,2-7,11H2,1H3,(H,21,24). The van der Waals surface area contributed by atoms with Crippen molar-refractivity contribution in [3.05, 3.63) is 35.1 Å². The molecular weight excluding hydrogens is 356 g/mol. The van der Waals surface area contributed by atoms with E-state index in [0.29, 0.717) is 22.0 Å². The lowest BCUT2D eigenvalue weighted by Gasteiger charge is -2.16. The second-order valence-corrected chi connectivity index (χ2v) is 7.81. The van der Waals surface area contributed by atoms with Crippen LogP contribution in [0.3, 0.4) is 0 Å². The highest BCUT2D eigenvalue weighted by Gasteiger charge is 2.16. The number of carbonyl (C=O) groups excluding carboxylic acids is 1. The van der Waals surface area contributed by atoms with Gasteiger partial charge in [-0.2, -0.15) is 0 Å². The molecule has 7 heteroatoms. The first kappa shape index (κ1) is 18.3. The number of carbonyl (C=O) groups is 1. The van der Waals surface area contributed by atoms with Crippen molar-refractivity contribution in [1.82, 2.24) is 20.1 Å². The van der Waals surface area contributed by atoms with Gasteiger partial charge in [-0.15, -0.1) is 10.2 Å². The Hall–Kier alpha value is -1.53. The van der Waals surface area contributed by atoms with E-state index in [-0.39, 0.29) is 5.91 Å². The fraction of sp³-hybridized carbons (Fsp3) is 0.500. The number of aromatic nitrogens is 3. The number of hydrogen-bond acceptors (Lipinski definition) is 4. The molecule has 1 fully saturated rings. The molecule has 1 aromatic heterocycles. The summed E-state index contributed by atoms with van der Waals surface area (Å²) in [5.74, 6) is 0.405. The maximum absolute atomic E-state index is 12.3. The van der Waals surface area contributed by atoms with Gasteiger partial charge in [0.15, 0.2) is 5.16 Å². The molecule has 0 saturated heterocycles. The average Bonchev–Trinajstić information content (AvgIpc) is 2.92. The van der Waals surface area contributed by atoms with Crippen LogP contribution >= 0.6 is 23.4 Å². The number of thioether (sulfide) groups is 1. The Kier molecular flexibility index (Phi) is 6.37. The third-order valence-electron chi connectivity index (χ3n) is 4.50. The molecular formula is C18H23ClN4OS. The molecule has 1 aliphatic rings. The molecule has 0 bridgehead atoms. The van der Waals surface area contributed by atoms with Crippen molar-refractivity contribution in [1.29, 1.82) is 0 Å². The summed E-state index contributed by atoms with van der Waals surface area (Å²) in [5, 5.41) is 12.7. The van der Waals surface area contributed by atoms with Gasteiger partial charge >= 0.3 is 0 Å². The lowest BCUT2D eigenvalue weighted by molar-refractivity contribution is -0.119. The summed E-state index contributed by atoms with van der Waals surface area (Å²) < 4.78 is 1.86. The van der Waals surface area contributed by atoms with E-state index in [9.17, 15) is 4.79 Å². The maximum Gasteiger partial charge on any atom is 0.230 e. The molecule has 1 heterocycles. The van der Waals surface area contributed by atoms with Crippen molar-refractivity contribution < 1.29 is 4.79 Å². The van der Waals surface area contributed by atoms with Gasteiger partial charge in [0.2, 0.25) is 5.91 Å². The van der Waals surface area contributed by atoms with E-state index in [1.165, 1.54) is 37.4 Å². The Bertz CT molecular complexity index is 726. The maximum atomic E-state index is 12.3. The van der Waals surface area contributed by atoms with Crippen molar-refractivity contribution in [2.75, 3.05) is 5.75 Å². The van der Waals surface area contributed by atoms with E-state index < -0.39 is 0 Å². The van der Waals surface area contributed by atoms with Crippen LogP contribution < -0.4 is 5.32 Å². The van der Waals surface area contributed by atoms with Crippen molar-refractivity contribution in [2.24, 2.45) is 0 Å². The number of benzene rings is 1. The third-order valence-corrected chi connectivity index (χ3v) is 5.85. The third kappa shape index (κ3) is 4.98. The summed E-state index contributed by atoms with van der Waals surface area (Å²) in [6, 6.07) is 6.14. The predicted molar refractivity (Wildman–Crippen MR) is 101 cm³/mol. The topological polar surface area (TPSA) is 59.8 Å². The molecule has 0 radical (unpaired) electrons. The second-order valence-electron chi connectivity index (χ2n) is 6.46. The van der Waals surface area contributed by atoms with Crippen LogP contribution in [0.15, 0.2) is 29.7 Å². The smallest absolute Gasteiger partial charge is 0.230 e. The van der Waals surface area contributed by atoms with Crippen molar-refractivity contribution in [2.45, 2.75) is 56.6 Å². The Morgan fingerprint density at radius 2 is 2.08 bits per heavy atom. The lowest BCUT2D eigenvalue weighted by atomic mass is 10.1. The van der Waals surface area contributed by atoms with Gasteiger partial charge in [0.05, 0.1) is 11.4 Å². The van der Waals surface area contributed by atoms with Crippen molar-refractivity contribution in [3.63, 3.8) is 0 Å². The molecule has 1 N–H and O–H groups in total. The molecule has 0 atom stereocenters. The number of hydrogen-bond donors (Lipinski definition) is 1. The Labute approximate surface area is 157 Å². The zero-order valence-corrected chi connectivity index (χ0v) is 15.9. The van der Waals surface area contributed by atoms with Crippen LogP contribution in [0.5, 0.6) is 0 Å². The van der Waals surface area contributed by atoms with Crippen LogP contribution in [-0.4, -0.2) is 32.5 Å². The van der Waals surface area contributed by atoms with Crippen LogP contribution in [0.1, 0.15) is 44.1 Å². The molecule has 25 heavy (non-hydrogen) atoms. The minimum atomic E-state index is 0.0633. The van der Waals surface area contributed by atoms with Gasteiger partial charge in [0, 0.05) is 11.1 Å². The monoisotopic (exact) mass is 378 g/mol. The molecule has 1 saturated carbocycles. The van der Waals surface area contributed by atoms with Gasteiger partial charge in [-0.25, -0.2) is 0 Å². The van der Waals surface area contributed by atoms with Gasteiger partial charge in [-0.1, -0.05) is 55.1 Å². The Morgan fingerprint density at radius 1 is 1.32 bits per heavy atom. The molecule has 0 aliphatic heterocycles. The summed E-state index contributed by atoms with van der Waals surface area (Å²) in [6.45, 7) is 1.96. The van der Waals surface area contributed by atoms with Gasteiger partial charge in [0.1, 0.15) is 6.33 Å². The molecule has 1 aromatic carbocycles. The Balaban J connectivity index is 1.59. The van der Waals surface area contributed by atoms with Crippen LogP contribution in [0, 0.1) is 6.92 Å². The van der Waals surface area contributed by atoms with Crippen LogP contribution in [0.25, 0.3) is 5.69 Å². The zero-order valence-electron chi connectivity index (χ0n) is 14.4. The van der Waals surface area contributed by atoms with E-state index in [0.717, 1.165) is 24.1 Å². The minimum Gasteiger partial charge on any atom is -0.353 e. The highest BCUT2D eigenvalue weighted by Crippen LogP contribution is 2.24. The lowest BCUT2D eigenvalue weighted by Crippen LogP contribution is -2.35. The molecule has 134 valence electrons. The van der Waals surface area contributed by atoms with Crippen molar-refractivity contribution >= 4 is 29.3 Å². The van der Waals surface area contributed by atoms with Gasteiger partial charge < -0.3 is 5.32 Å². The van der Waals surface area contributed by atoms with E-state index in [1.54, 1.807) is 6.33 Å². The summed E-state index contributed by atoms with van der Waals surface area (Å²) in [7, 11) is 0. The summed E-state index contributed by atoms with van der Waals surface area (Å²) >= 11 is 7.60. The van der Waals surface area contributed by atoms with Gasteiger partial charge in [0.25, 0.3) is 0 Å². The number of rotatable bonds is 5. The number of aryl methyl sites for hydroxylation is 1. The molecule has 1 aliphatic carbocycles. The number of amides is 1. The number of nitrogens with zero attached hydrogens (tertiary/aromatic N) is 3. The molecule has 2 aromatic rings. The summed E-state index contributed by atoms with van der Waals surface area (Å²) in [5.41, 5.74) is 1.92. The van der Waals surface area contributed by atoms with E-state index in [2.05, 4.69) is 15.5 Å². The first-order valence-electron chi connectivity index (χ1n) is 8.72. The average molecular weight is 379 g/mol. The SMILES string of the molecule is Cc1ccc(-n2cnnc2SCC(=O)NC2CCCCCC2)cc1Cl. The Morgan fingerprint density at radius 3 is 2.80 bits per heavy atom. The quantitative estimate of drug-likeness (QED) is 0.626. The van der Waals surface area contributed by atoms with E-state index in [4.69, 9.17) is 11.6 Å². The number of halogens is 1. The highest BCUT2D eigenvalue weighted by molar-refractivity contribution is 7.99. The van der Waals surface area contributed by atoms with Crippen LogP contribution in [0.2, 0.25) is 5.02 Å². The van der Waals surface area contributed by atoms with Gasteiger partial charge in [-0.05, 0) is 37.5 Å². The summed E-state index contributed by atoms with van der Waals surface area (Å²) in [4.78, 5) is 12.3. The predicted octanol–water partition coefficient (Wildman–Crippen LogP) is 4.16. The second kappa shape index (κ2) is 8.72. The molecule has 1 amide bonds. The first-order valence-corrected chi connectivity index (χ1v) is 10.1. The largest absolute Gasteiger partial charge is 0.353 e. The van der Waals surface area contributed by atoms with Crippen LogP contribution in [-0.2, 0) is 4.79 Å². The first-order chi connectivity index (χ1) is 12.1. The van der Waals surface area contributed by atoms with E-state index >= 15 is 0 Å². The van der Waals surface area contributed by atoms with E-state index in [1.807, 2.05) is 29.7 Å². The molecule has 0 spiro atoms.